The topological polar surface area (TPSA) is 78.0 Å². The van der Waals surface area contributed by atoms with Crippen molar-refractivity contribution in [2.24, 2.45) is 13.0 Å². The number of rotatable bonds is 6. The highest BCUT2D eigenvalue weighted by Crippen LogP contribution is 2.37. The van der Waals surface area contributed by atoms with Crippen molar-refractivity contribution in [3.63, 3.8) is 0 Å². The first-order valence-corrected chi connectivity index (χ1v) is 8.68. The molecular formula is C17H27N5O2. The monoisotopic (exact) mass is 333 g/mol. The van der Waals surface area contributed by atoms with Gasteiger partial charge < -0.3 is 14.6 Å². The lowest BCUT2D eigenvalue weighted by molar-refractivity contribution is 0.0885. The summed E-state index contributed by atoms with van der Waals surface area (Å²) in [6.07, 6.45) is 1.93. The lowest BCUT2D eigenvalue weighted by Crippen LogP contribution is -2.28. The van der Waals surface area contributed by atoms with E-state index in [-0.39, 0.29) is 12.1 Å². The highest BCUT2D eigenvalue weighted by molar-refractivity contribution is 5.28. The van der Waals surface area contributed by atoms with Crippen LogP contribution in [-0.4, -0.2) is 33.1 Å². The van der Waals surface area contributed by atoms with Gasteiger partial charge >= 0.3 is 0 Å². The number of nitrogens with one attached hydrogen (secondary N) is 1. The molecule has 0 bridgehead atoms. The normalized spacial score (nSPS) is 22.2. The molecule has 24 heavy (non-hydrogen) atoms. The van der Waals surface area contributed by atoms with E-state index in [0.717, 1.165) is 37.5 Å². The molecule has 1 saturated heterocycles. The highest BCUT2D eigenvalue weighted by Gasteiger charge is 2.33. The molecule has 0 radical (unpaired) electrons. The zero-order valence-corrected chi connectivity index (χ0v) is 15.2. The molecule has 1 aliphatic heterocycles. The van der Waals surface area contributed by atoms with Gasteiger partial charge in [-0.2, -0.15) is 10.1 Å². The van der Waals surface area contributed by atoms with Gasteiger partial charge in [0.1, 0.15) is 0 Å². The summed E-state index contributed by atoms with van der Waals surface area (Å²) in [4.78, 5) is 4.40. The Morgan fingerprint density at radius 3 is 2.79 bits per heavy atom. The molecule has 0 aliphatic carbocycles. The molecule has 3 unspecified atom stereocenters. The Bertz CT molecular complexity index is 693. The van der Waals surface area contributed by atoms with E-state index in [2.05, 4.69) is 41.3 Å². The maximum absolute atomic E-state index is 6.04. The predicted octanol–water partition coefficient (Wildman–Crippen LogP) is 2.41. The molecule has 1 N–H and O–H groups in total. The molecule has 1 aliphatic rings. The Morgan fingerprint density at radius 1 is 1.38 bits per heavy atom. The van der Waals surface area contributed by atoms with Crippen molar-refractivity contribution < 1.29 is 9.26 Å². The molecule has 2 aromatic rings. The SMILES string of the molecule is CCc1noc(C(C)NCC2CCOC2c2c(C)nn(C)c2C)n1. The van der Waals surface area contributed by atoms with Gasteiger partial charge in [0.05, 0.1) is 17.8 Å². The molecule has 0 spiro atoms. The molecule has 3 rings (SSSR count). The number of aromatic nitrogens is 4. The van der Waals surface area contributed by atoms with Gasteiger partial charge in [0.15, 0.2) is 5.82 Å². The third-order valence-corrected chi connectivity index (χ3v) is 4.92. The van der Waals surface area contributed by atoms with Gasteiger partial charge in [-0.25, -0.2) is 0 Å². The molecule has 3 atom stereocenters. The number of hydrogen-bond donors (Lipinski definition) is 1. The first-order chi connectivity index (χ1) is 11.5. The number of nitrogens with zero attached hydrogens (tertiary/aromatic N) is 4. The molecule has 2 aromatic heterocycles. The van der Waals surface area contributed by atoms with E-state index in [4.69, 9.17) is 9.26 Å². The van der Waals surface area contributed by atoms with Crippen LogP contribution < -0.4 is 5.32 Å². The fourth-order valence-corrected chi connectivity index (χ4v) is 3.37. The third kappa shape index (κ3) is 3.23. The van der Waals surface area contributed by atoms with Gasteiger partial charge in [-0.05, 0) is 27.2 Å². The molecular weight excluding hydrogens is 306 g/mol. The second-order valence-corrected chi connectivity index (χ2v) is 6.58. The summed E-state index contributed by atoms with van der Waals surface area (Å²) in [5, 5.41) is 12.0. The Balaban J connectivity index is 1.66. The summed E-state index contributed by atoms with van der Waals surface area (Å²) in [5.74, 6) is 1.82. The average molecular weight is 333 g/mol. The van der Waals surface area contributed by atoms with Gasteiger partial charge in [0.25, 0.3) is 0 Å². The molecule has 132 valence electrons. The molecule has 3 heterocycles. The van der Waals surface area contributed by atoms with E-state index in [0.29, 0.717) is 11.8 Å². The summed E-state index contributed by atoms with van der Waals surface area (Å²) in [6.45, 7) is 9.88. The second-order valence-electron chi connectivity index (χ2n) is 6.58. The van der Waals surface area contributed by atoms with Gasteiger partial charge in [0, 0.05) is 43.8 Å². The number of hydrogen-bond acceptors (Lipinski definition) is 6. The van der Waals surface area contributed by atoms with Crippen LogP contribution in [0.4, 0.5) is 0 Å². The van der Waals surface area contributed by atoms with Crippen LogP contribution in [0, 0.1) is 19.8 Å². The Morgan fingerprint density at radius 2 is 2.17 bits per heavy atom. The molecule has 7 heteroatoms. The summed E-state index contributed by atoms with van der Waals surface area (Å²) in [6, 6.07) is 0.0372. The van der Waals surface area contributed by atoms with E-state index in [1.54, 1.807) is 0 Å². The Hall–Kier alpha value is -1.73. The van der Waals surface area contributed by atoms with Crippen molar-refractivity contribution in [3.05, 3.63) is 28.7 Å². The summed E-state index contributed by atoms with van der Waals surface area (Å²) < 4.78 is 13.3. The van der Waals surface area contributed by atoms with E-state index in [1.165, 1.54) is 11.3 Å². The zero-order valence-electron chi connectivity index (χ0n) is 15.2. The predicted molar refractivity (Wildman–Crippen MR) is 89.6 cm³/mol. The van der Waals surface area contributed by atoms with Gasteiger partial charge in [-0.15, -0.1) is 0 Å². The fraction of sp³-hybridized carbons (Fsp3) is 0.706. The van der Waals surface area contributed by atoms with Crippen LogP contribution in [0.15, 0.2) is 4.52 Å². The summed E-state index contributed by atoms with van der Waals surface area (Å²) >= 11 is 0. The summed E-state index contributed by atoms with van der Waals surface area (Å²) in [7, 11) is 1.98. The minimum Gasteiger partial charge on any atom is -0.373 e. The first kappa shape index (κ1) is 17.1. The van der Waals surface area contributed by atoms with Crippen molar-refractivity contribution in [2.45, 2.75) is 52.7 Å². The third-order valence-electron chi connectivity index (χ3n) is 4.92. The first-order valence-electron chi connectivity index (χ1n) is 8.68. The van der Waals surface area contributed by atoms with Crippen LogP contribution >= 0.6 is 0 Å². The second kappa shape index (κ2) is 7.03. The van der Waals surface area contributed by atoms with Crippen molar-refractivity contribution in [2.75, 3.05) is 13.2 Å². The molecule has 0 saturated carbocycles. The minimum atomic E-state index is 0.0372. The van der Waals surface area contributed by atoms with Crippen LogP contribution in [0.3, 0.4) is 0 Å². The molecule has 7 nitrogen and oxygen atoms in total. The molecule has 0 aromatic carbocycles. The Kier molecular flexibility index (Phi) is 5.01. The number of ether oxygens (including phenoxy) is 1. The van der Waals surface area contributed by atoms with Crippen molar-refractivity contribution in [1.82, 2.24) is 25.2 Å². The van der Waals surface area contributed by atoms with Crippen molar-refractivity contribution in [1.29, 1.82) is 0 Å². The van der Waals surface area contributed by atoms with Crippen LogP contribution in [0.2, 0.25) is 0 Å². The fourth-order valence-electron chi connectivity index (χ4n) is 3.37. The maximum Gasteiger partial charge on any atom is 0.243 e. The van der Waals surface area contributed by atoms with E-state index in [1.807, 2.05) is 18.7 Å². The van der Waals surface area contributed by atoms with Crippen LogP contribution in [0.5, 0.6) is 0 Å². The molecule has 0 amide bonds. The Labute approximate surface area is 142 Å². The van der Waals surface area contributed by atoms with Crippen LogP contribution in [-0.2, 0) is 18.2 Å². The smallest absolute Gasteiger partial charge is 0.243 e. The lowest BCUT2D eigenvalue weighted by Gasteiger charge is -2.21. The van der Waals surface area contributed by atoms with Gasteiger partial charge in [0.2, 0.25) is 5.89 Å². The van der Waals surface area contributed by atoms with Gasteiger partial charge in [-0.1, -0.05) is 12.1 Å². The average Bonchev–Trinajstić information content (AvgIpc) is 3.26. The summed E-state index contributed by atoms with van der Waals surface area (Å²) in [5.41, 5.74) is 3.48. The lowest BCUT2D eigenvalue weighted by atomic mass is 9.93. The van der Waals surface area contributed by atoms with Crippen LogP contribution in [0.1, 0.15) is 61.1 Å². The van der Waals surface area contributed by atoms with Gasteiger partial charge in [-0.3, -0.25) is 4.68 Å². The van der Waals surface area contributed by atoms with E-state index >= 15 is 0 Å². The van der Waals surface area contributed by atoms with Crippen LogP contribution in [0.25, 0.3) is 0 Å². The maximum atomic E-state index is 6.04. The number of aryl methyl sites for hydroxylation is 3. The van der Waals surface area contributed by atoms with Crippen molar-refractivity contribution >= 4 is 0 Å². The van der Waals surface area contributed by atoms with E-state index in [9.17, 15) is 0 Å². The highest BCUT2D eigenvalue weighted by atomic mass is 16.5. The zero-order chi connectivity index (χ0) is 17.3. The minimum absolute atomic E-state index is 0.0372. The largest absolute Gasteiger partial charge is 0.373 e. The quantitative estimate of drug-likeness (QED) is 0.875. The standard InChI is InChI=1S/C17H27N5O2/c1-6-14-19-17(24-21-14)11(3)18-9-13-7-8-23-16(13)15-10(2)20-22(5)12(15)4/h11,13,16,18H,6-9H2,1-5H3. The molecule has 1 fully saturated rings. The van der Waals surface area contributed by atoms with Crippen molar-refractivity contribution in [3.8, 4) is 0 Å². The van der Waals surface area contributed by atoms with E-state index < -0.39 is 0 Å².